The minimum atomic E-state index is 0.169. The van der Waals surface area contributed by atoms with Crippen LogP contribution in [0.25, 0.3) is 9.88 Å². The molecule has 0 spiro atoms. The van der Waals surface area contributed by atoms with Crippen LogP contribution >= 0.6 is 22.7 Å². The summed E-state index contributed by atoms with van der Waals surface area (Å²) in [5, 5.41) is 5.06. The van der Waals surface area contributed by atoms with E-state index >= 15 is 0 Å². The molecule has 3 heterocycles. The molecule has 0 unspecified atom stereocenters. The van der Waals surface area contributed by atoms with Gasteiger partial charge in [0.15, 0.2) is 0 Å². The zero-order valence-corrected chi connectivity index (χ0v) is 14.2. The lowest BCUT2D eigenvalue weighted by molar-refractivity contribution is -0.131. The lowest BCUT2D eigenvalue weighted by Crippen LogP contribution is -2.36. The third-order valence-corrected chi connectivity index (χ3v) is 6.03. The van der Waals surface area contributed by atoms with Crippen molar-refractivity contribution >= 4 is 28.6 Å². The van der Waals surface area contributed by atoms with E-state index in [9.17, 15) is 4.79 Å². The second kappa shape index (κ2) is 6.26. The van der Waals surface area contributed by atoms with Crippen molar-refractivity contribution in [3.8, 4) is 9.88 Å². The van der Waals surface area contributed by atoms with Crippen LogP contribution in [0.15, 0.2) is 47.2 Å². The Morgan fingerprint density at radius 2 is 2.00 bits per heavy atom. The molecule has 0 atom stereocenters. The fraction of sp³-hybridized carbons (Fsp3) is 0.222. The standard InChI is InChI=1S/C18H16N2OS2/c21-17(20-8-7-13-4-1-2-5-14(13)11-20)10-15-12-23-18(19-15)16-6-3-9-22-16/h1-6,9,12H,7-8,10-11H2. The fourth-order valence-electron chi connectivity index (χ4n) is 2.88. The van der Waals surface area contributed by atoms with Crippen molar-refractivity contribution in [1.29, 1.82) is 0 Å². The number of amides is 1. The van der Waals surface area contributed by atoms with E-state index < -0.39 is 0 Å². The number of nitrogens with zero attached hydrogens (tertiary/aromatic N) is 2. The molecular formula is C18H16N2OS2. The molecule has 0 aliphatic carbocycles. The van der Waals surface area contributed by atoms with Crippen molar-refractivity contribution in [2.75, 3.05) is 6.54 Å². The maximum Gasteiger partial charge on any atom is 0.228 e. The molecule has 2 aromatic heterocycles. The van der Waals surface area contributed by atoms with Crippen LogP contribution in [0.5, 0.6) is 0 Å². The van der Waals surface area contributed by atoms with E-state index in [-0.39, 0.29) is 5.91 Å². The normalized spacial score (nSPS) is 13.8. The van der Waals surface area contributed by atoms with Gasteiger partial charge in [-0.2, -0.15) is 0 Å². The first-order valence-corrected chi connectivity index (χ1v) is 9.38. The van der Waals surface area contributed by atoms with Crippen molar-refractivity contribution < 1.29 is 4.79 Å². The van der Waals surface area contributed by atoms with Crippen LogP contribution in [0, 0.1) is 0 Å². The van der Waals surface area contributed by atoms with Crippen molar-refractivity contribution in [3.63, 3.8) is 0 Å². The summed E-state index contributed by atoms with van der Waals surface area (Å²) in [6, 6.07) is 12.5. The average molecular weight is 340 g/mol. The third kappa shape index (κ3) is 3.07. The van der Waals surface area contributed by atoms with Crippen LogP contribution in [0.4, 0.5) is 0 Å². The Labute approximate surface area is 143 Å². The summed E-state index contributed by atoms with van der Waals surface area (Å²) >= 11 is 3.29. The van der Waals surface area contributed by atoms with Crippen molar-refractivity contribution in [3.05, 3.63) is 64.0 Å². The minimum Gasteiger partial charge on any atom is -0.338 e. The molecule has 1 aliphatic heterocycles. The number of carbonyl (C=O) groups is 1. The number of rotatable bonds is 3. The zero-order chi connectivity index (χ0) is 15.6. The molecule has 0 bridgehead atoms. The van der Waals surface area contributed by atoms with E-state index in [2.05, 4.69) is 29.2 Å². The Morgan fingerprint density at radius 3 is 2.83 bits per heavy atom. The lowest BCUT2D eigenvalue weighted by Gasteiger charge is -2.28. The number of thiophene rings is 1. The molecule has 23 heavy (non-hydrogen) atoms. The number of hydrogen-bond acceptors (Lipinski definition) is 4. The molecule has 0 radical (unpaired) electrons. The largest absolute Gasteiger partial charge is 0.338 e. The molecule has 1 aliphatic rings. The lowest BCUT2D eigenvalue weighted by atomic mass is 10.00. The van der Waals surface area contributed by atoms with Crippen LogP contribution in [0.1, 0.15) is 16.8 Å². The van der Waals surface area contributed by atoms with E-state index in [0.29, 0.717) is 6.42 Å². The summed E-state index contributed by atoms with van der Waals surface area (Å²) in [6.45, 7) is 1.52. The van der Waals surface area contributed by atoms with E-state index in [4.69, 9.17) is 0 Å². The van der Waals surface area contributed by atoms with Gasteiger partial charge < -0.3 is 4.90 Å². The van der Waals surface area contributed by atoms with Crippen LogP contribution in [0.3, 0.4) is 0 Å². The van der Waals surface area contributed by atoms with Gasteiger partial charge in [-0.25, -0.2) is 4.98 Å². The maximum absolute atomic E-state index is 12.6. The predicted octanol–water partition coefficient (Wildman–Crippen LogP) is 4.00. The highest BCUT2D eigenvalue weighted by Gasteiger charge is 2.21. The topological polar surface area (TPSA) is 33.2 Å². The molecule has 0 saturated carbocycles. The van der Waals surface area contributed by atoms with Gasteiger partial charge in [-0.15, -0.1) is 22.7 Å². The Morgan fingerprint density at radius 1 is 1.13 bits per heavy atom. The monoisotopic (exact) mass is 340 g/mol. The number of benzene rings is 1. The number of fused-ring (bicyclic) bond motifs is 1. The summed E-state index contributed by atoms with van der Waals surface area (Å²) in [4.78, 5) is 20.3. The minimum absolute atomic E-state index is 0.169. The van der Waals surface area contributed by atoms with Gasteiger partial charge in [0.25, 0.3) is 0 Å². The van der Waals surface area contributed by atoms with Crippen LogP contribution in [0.2, 0.25) is 0 Å². The third-order valence-electron chi connectivity index (χ3n) is 4.10. The van der Waals surface area contributed by atoms with Gasteiger partial charge >= 0.3 is 0 Å². The van der Waals surface area contributed by atoms with Gasteiger partial charge in [0.2, 0.25) is 5.91 Å². The molecule has 4 rings (SSSR count). The second-order valence-electron chi connectivity index (χ2n) is 5.63. The molecule has 0 fully saturated rings. The molecule has 1 amide bonds. The highest BCUT2D eigenvalue weighted by atomic mass is 32.1. The molecule has 0 N–H and O–H groups in total. The van der Waals surface area contributed by atoms with Gasteiger partial charge in [-0.3, -0.25) is 4.79 Å². The van der Waals surface area contributed by atoms with E-state index in [1.165, 1.54) is 16.0 Å². The highest BCUT2D eigenvalue weighted by Crippen LogP contribution is 2.28. The first-order valence-electron chi connectivity index (χ1n) is 7.62. The molecular weight excluding hydrogens is 324 g/mol. The molecule has 5 heteroatoms. The molecule has 0 saturated heterocycles. The fourth-order valence-corrected chi connectivity index (χ4v) is 4.51. The summed E-state index contributed by atoms with van der Waals surface area (Å²) < 4.78 is 0. The zero-order valence-electron chi connectivity index (χ0n) is 12.6. The Balaban J connectivity index is 1.45. The van der Waals surface area contributed by atoms with Crippen LogP contribution in [-0.4, -0.2) is 22.3 Å². The molecule has 1 aromatic carbocycles. The average Bonchev–Trinajstić information content (AvgIpc) is 3.25. The second-order valence-corrected chi connectivity index (χ2v) is 7.44. The van der Waals surface area contributed by atoms with Crippen LogP contribution in [-0.2, 0) is 24.2 Å². The number of thiazole rings is 1. The number of aromatic nitrogens is 1. The smallest absolute Gasteiger partial charge is 0.228 e. The highest BCUT2D eigenvalue weighted by molar-refractivity contribution is 7.20. The summed E-state index contributed by atoms with van der Waals surface area (Å²) in [5.74, 6) is 0.169. The van der Waals surface area contributed by atoms with E-state index in [1.807, 2.05) is 27.8 Å². The SMILES string of the molecule is O=C(Cc1csc(-c2cccs2)n1)N1CCc2ccccc2C1. The van der Waals surface area contributed by atoms with Crippen molar-refractivity contribution in [1.82, 2.24) is 9.88 Å². The first kappa shape index (κ1) is 14.6. The van der Waals surface area contributed by atoms with Gasteiger partial charge in [-0.05, 0) is 29.0 Å². The first-order chi connectivity index (χ1) is 11.3. The quantitative estimate of drug-likeness (QED) is 0.722. The van der Waals surface area contributed by atoms with E-state index in [1.54, 1.807) is 22.7 Å². The van der Waals surface area contributed by atoms with Crippen molar-refractivity contribution in [2.24, 2.45) is 0 Å². The van der Waals surface area contributed by atoms with Gasteiger partial charge in [0, 0.05) is 18.5 Å². The summed E-state index contributed by atoms with van der Waals surface area (Å²) in [6.07, 6.45) is 1.34. The van der Waals surface area contributed by atoms with Crippen LogP contribution < -0.4 is 0 Å². The van der Waals surface area contributed by atoms with Crippen molar-refractivity contribution in [2.45, 2.75) is 19.4 Å². The number of carbonyl (C=O) groups excluding carboxylic acids is 1. The predicted molar refractivity (Wildman–Crippen MR) is 94.7 cm³/mol. The summed E-state index contributed by atoms with van der Waals surface area (Å²) in [5.41, 5.74) is 3.51. The molecule has 3 nitrogen and oxygen atoms in total. The van der Waals surface area contributed by atoms with E-state index in [0.717, 1.165) is 30.2 Å². The molecule has 116 valence electrons. The molecule has 3 aromatic rings. The number of hydrogen-bond donors (Lipinski definition) is 0. The van der Waals surface area contributed by atoms with Gasteiger partial charge in [-0.1, -0.05) is 30.3 Å². The summed E-state index contributed by atoms with van der Waals surface area (Å²) in [7, 11) is 0. The van der Waals surface area contributed by atoms with Gasteiger partial charge in [0.05, 0.1) is 17.0 Å². The van der Waals surface area contributed by atoms with Gasteiger partial charge in [0.1, 0.15) is 5.01 Å². The Bertz CT molecular complexity index is 823. The maximum atomic E-state index is 12.6. The Hall–Kier alpha value is -1.98. The Kier molecular flexibility index (Phi) is 3.97.